The van der Waals surface area contributed by atoms with Crippen molar-refractivity contribution in [2.24, 2.45) is 11.1 Å². The second-order valence-electron chi connectivity index (χ2n) is 25.0. The molecule has 2 amide bonds. The van der Waals surface area contributed by atoms with Gasteiger partial charge in [-0.1, -0.05) is 66.0 Å². The van der Waals surface area contributed by atoms with E-state index in [1.54, 1.807) is 33.4 Å². The Morgan fingerprint density at radius 1 is 0.825 bits per heavy atom. The van der Waals surface area contributed by atoms with E-state index >= 15 is 0 Å². The van der Waals surface area contributed by atoms with Gasteiger partial charge in [-0.15, -0.1) is 23.1 Å². The molecule has 2 atom stereocenters. The number of oxime groups is 1. The lowest BCUT2D eigenvalue weighted by Crippen LogP contribution is -2.63. The number of β-lactam (4-membered cyclic amide) rings is 1. The minimum atomic E-state index is -1.50. The zero-order chi connectivity index (χ0) is 69.8. The van der Waals surface area contributed by atoms with Crippen molar-refractivity contribution < 1.29 is 77.1 Å². The molecule has 0 radical (unpaired) electrons. The van der Waals surface area contributed by atoms with Crippen molar-refractivity contribution in [2.75, 3.05) is 105 Å². The number of carboxylic acid groups (broad SMARTS) is 1. The lowest BCUT2D eigenvalue weighted by Gasteiger charge is -2.50. The molecule has 5 aromatic rings. The number of nitrogens with zero attached hydrogens (tertiary/aromatic N) is 7. The fourth-order valence-corrected chi connectivity index (χ4v) is 14.7. The van der Waals surface area contributed by atoms with E-state index in [1.165, 1.54) is 111 Å². The van der Waals surface area contributed by atoms with E-state index in [-0.39, 0.29) is 63.1 Å². The summed E-state index contributed by atoms with van der Waals surface area (Å²) in [6.07, 6.45) is 10.9. The number of likely N-dealkylation sites (N-methyl/N-ethyl adjacent to an activating group) is 1. The summed E-state index contributed by atoms with van der Waals surface area (Å²) in [5.41, 5.74) is 8.58. The van der Waals surface area contributed by atoms with Gasteiger partial charge in [0, 0.05) is 68.8 Å². The van der Waals surface area contributed by atoms with Crippen LogP contribution in [0, 0.1) is 5.92 Å². The fourth-order valence-electron chi connectivity index (χ4n) is 12.2. The van der Waals surface area contributed by atoms with E-state index in [0.29, 0.717) is 65.5 Å². The number of aromatic hydroxyl groups is 2. The Morgan fingerprint density at radius 3 is 1.99 bits per heavy atom. The molecule has 6 heterocycles. The van der Waals surface area contributed by atoms with E-state index < -0.39 is 52.1 Å². The number of carbonyl (C=O) groups is 6. The fraction of sp³-hybridized carbons (Fsp3) is 0.486. The maximum absolute atomic E-state index is 13.6. The van der Waals surface area contributed by atoms with E-state index in [2.05, 4.69) is 26.9 Å². The number of thiazole rings is 1. The van der Waals surface area contributed by atoms with Crippen LogP contribution in [0.2, 0.25) is 10.0 Å². The number of nitrogen functional groups attached to an aromatic ring is 1. The highest BCUT2D eigenvalue weighted by Gasteiger charge is 2.55. The summed E-state index contributed by atoms with van der Waals surface area (Å²) in [7, 11) is 4.87. The molecule has 0 unspecified atom stereocenters. The molecule has 5 aliphatic heterocycles. The second-order valence-corrected chi connectivity index (χ2v) is 27.8. The van der Waals surface area contributed by atoms with Crippen molar-refractivity contribution in [1.29, 1.82) is 0 Å². The van der Waals surface area contributed by atoms with Crippen LogP contribution in [0.15, 0.2) is 94.6 Å². The number of ketones is 2. The molecule has 27 heteroatoms. The van der Waals surface area contributed by atoms with E-state index in [1.807, 2.05) is 48.5 Å². The van der Waals surface area contributed by atoms with Gasteiger partial charge < -0.3 is 68.8 Å². The van der Waals surface area contributed by atoms with Crippen LogP contribution in [0.5, 0.6) is 34.5 Å². The Bertz CT molecular complexity index is 3590. The minimum absolute atomic E-state index is 0.0141. The first-order valence-corrected chi connectivity index (χ1v) is 35.4. The number of benzene rings is 4. The van der Waals surface area contributed by atoms with Gasteiger partial charge in [0.2, 0.25) is 5.91 Å². The molecule has 97 heavy (non-hydrogen) atoms. The first-order valence-electron chi connectivity index (χ1n) is 32.7. The Hall–Kier alpha value is -7.65. The average Bonchev–Trinajstić information content (AvgIpc) is 0.975. The first kappa shape index (κ1) is 75.1. The van der Waals surface area contributed by atoms with Gasteiger partial charge in [0.25, 0.3) is 18.2 Å². The maximum Gasteiger partial charge on any atom is 0.352 e. The topological polar surface area (TPSA) is 283 Å². The number of amides is 2. The molecule has 23 nitrogen and oxygen atoms in total. The minimum Gasteiger partial charge on any atom is -0.504 e. The number of phenols is 2. The molecule has 0 bridgehead atoms. The molecule has 524 valence electrons. The van der Waals surface area contributed by atoms with Crippen molar-refractivity contribution in [3.05, 3.63) is 127 Å². The van der Waals surface area contributed by atoms with Crippen LogP contribution in [-0.2, 0) is 42.0 Å². The molecular weight excluding hydrogens is 1330 g/mol. The summed E-state index contributed by atoms with van der Waals surface area (Å²) >= 11 is 15.3. The third-order valence-corrected chi connectivity index (χ3v) is 20.5. The molecule has 1 aromatic heterocycles. The molecule has 0 aliphatic carbocycles. The maximum atomic E-state index is 13.6. The Morgan fingerprint density at radius 2 is 1.42 bits per heavy atom. The lowest BCUT2D eigenvalue weighted by molar-refractivity contribution is -0.911. The van der Waals surface area contributed by atoms with Crippen LogP contribution in [0.4, 0.5) is 5.13 Å². The number of anilines is 1. The van der Waals surface area contributed by atoms with Crippen LogP contribution in [0.3, 0.4) is 0 Å². The molecular formula is C70H89Cl2N8O15S2+. The monoisotopic (exact) mass is 1420 g/mol. The number of aromatic nitrogens is 1. The highest BCUT2D eigenvalue weighted by Crippen LogP contribution is 2.47. The van der Waals surface area contributed by atoms with Gasteiger partial charge in [-0.25, -0.2) is 9.78 Å². The zero-order valence-electron chi connectivity index (χ0n) is 55.9. The number of aliphatic carboxylic acids is 1. The number of phenolic OH excluding ortho intramolecular Hbond substituents is 2. The smallest absolute Gasteiger partial charge is 0.352 e. The summed E-state index contributed by atoms with van der Waals surface area (Å²) in [5.74, 6) is -3.39. The Balaban J connectivity index is 0.000000227. The van der Waals surface area contributed by atoms with Gasteiger partial charge in [-0.3, -0.25) is 28.9 Å². The van der Waals surface area contributed by atoms with Crippen LogP contribution in [0.25, 0.3) is 0 Å². The van der Waals surface area contributed by atoms with Crippen LogP contribution < -0.4 is 24.7 Å². The number of rotatable bonds is 31. The van der Waals surface area contributed by atoms with Crippen molar-refractivity contribution >= 4 is 93.0 Å². The summed E-state index contributed by atoms with van der Waals surface area (Å²) < 4.78 is 28.1. The van der Waals surface area contributed by atoms with E-state index in [9.17, 15) is 44.1 Å². The highest BCUT2D eigenvalue weighted by molar-refractivity contribution is 8.00. The normalized spacial score (nSPS) is 17.6. The molecule has 10 rings (SSSR count). The number of carbonyl (C=O) groups excluding carboxylic acids is 5. The number of nitrogens with two attached hydrogens (primary N) is 1. The van der Waals surface area contributed by atoms with Gasteiger partial charge in [-0.05, 0) is 137 Å². The number of methoxy groups -OCH3 is 2. The number of quaternary nitrogens is 1. The molecule has 4 aromatic carbocycles. The quantitative estimate of drug-likeness (QED) is 0.00469. The number of Topliss-reactive ketones (excluding diaryl/α,β-unsaturated/α-hetero) is 2. The third-order valence-electron chi connectivity index (χ3n) is 17.7. The standard InChI is InChI=1S/C32H37ClN6O10S2.C30H34ClNO5.C8H17N/c1-32(2,48-16-40)49-36-24(20-15-51-31(34)35-20)22(42)12-19-28(45)38-25(30(46)47)17(14-50-29(19)38)13-39(9-4-5-10-39)11-8-37(3)27(44)18-6-7-21(41)26(43)23(18)33;1-34-24-11-7-22(8-12-24)20-36-28-16-15-26(27(33)6-5-19-32-17-3-4-18-32)29(31)30(28)37-21-23-9-13-25(35-2)14-10-23;1-2-3-6-9-7-4-5-8-9/h6-7,15-16,19,29H,4-5,8-14H2,1-3H3,(H4-,34,35,36,41,42,43,44,46,47);7-16H,3-6,17-21H2,1-2H3;2-8H2,1H3/p+1/t19-,29-;;/m1../s1. The number of likely N-dealkylation sites (tertiary alicyclic amines) is 3. The third kappa shape index (κ3) is 20.3. The van der Waals surface area contributed by atoms with Crippen molar-refractivity contribution in [2.45, 2.75) is 116 Å². The van der Waals surface area contributed by atoms with Gasteiger partial charge >= 0.3 is 5.97 Å². The molecule has 5 N–H and O–H groups in total. The molecule has 4 fully saturated rings. The summed E-state index contributed by atoms with van der Waals surface area (Å²) in [6, 6.07) is 21.3. The highest BCUT2D eigenvalue weighted by atomic mass is 35.5. The number of ether oxygens (including phenoxy) is 5. The Labute approximate surface area is 584 Å². The number of hydrogen-bond acceptors (Lipinski definition) is 21. The van der Waals surface area contributed by atoms with Crippen molar-refractivity contribution in [1.82, 2.24) is 24.6 Å². The molecule has 5 aliphatic rings. The van der Waals surface area contributed by atoms with Crippen LogP contribution >= 0.6 is 46.3 Å². The van der Waals surface area contributed by atoms with Crippen LogP contribution in [0.1, 0.15) is 129 Å². The zero-order valence-corrected chi connectivity index (χ0v) is 59.1. The van der Waals surface area contributed by atoms with Crippen molar-refractivity contribution in [3.8, 4) is 34.5 Å². The van der Waals surface area contributed by atoms with E-state index in [4.69, 9.17) is 57.5 Å². The van der Waals surface area contributed by atoms with Gasteiger partial charge in [0.05, 0.1) is 67.3 Å². The predicted octanol–water partition coefficient (Wildman–Crippen LogP) is 11.1. The summed E-state index contributed by atoms with van der Waals surface area (Å²) in [5, 5.41) is 35.1. The number of fused-ring (bicyclic) bond motifs is 1. The number of hydrogen-bond donors (Lipinski definition) is 4. The summed E-state index contributed by atoms with van der Waals surface area (Å²) in [4.78, 5) is 94.0. The largest absolute Gasteiger partial charge is 0.504 e. The molecule has 0 spiro atoms. The van der Waals surface area contributed by atoms with Gasteiger partial charge in [0.15, 0.2) is 45.4 Å². The number of halogens is 2. The summed E-state index contributed by atoms with van der Waals surface area (Å²) in [6.45, 7) is 15.8. The number of carboxylic acids is 1. The predicted molar refractivity (Wildman–Crippen MR) is 373 cm³/mol. The first-order chi connectivity index (χ1) is 46.6. The molecule has 4 saturated heterocycles. The average molecular weight is 1420 g/mol. The number of unbranched alkanes of at least 4 members (excludes halogenated alkanes) is 1. The SMILES string of the molecule is CCCCN1CCCC1.CN(CC[N+]1(CC2=C(C(=O)O)N3C(=O)[C@@H](CC(=O)/C(=N/OC(C)(C)OC=O)c4csc(N)n4)[C@H]3SC2)CCCC1)C(=O)c1ccc(O)c(O)c1Cl.COc1ccc(COc2ccc(C(=O)CCCN3CCCC3)c(Cl)c2OCc2ccc(OC)cc2)cc1. The lowest BCUT2D eigenvalue weighted by atomic mass is 9.89. The van der Waals surface area contributed by atoms with E-state index in [0.717, 1.165) is 85.9 Å². The second kappa shape index (κ2) is 35.7. The van der Waals surface area contributed by atoms with Gasteiger partial charge in [-0.2, -0.15) is 0 Å². The van der Waals surface area contributed by atoms with Gasteiger partial charge in [0.1, 0.15) is 42.6 Å². The Kier molecular flexibility index (Phi) is 27.7. The van der Waals surface area contributed by atoms with Crippen molar-refractivity contribution in [3.63, 3.8) is 0 Å². The number of thioether (sulfide) groups is 1. The van der Waals surface area contributed by atoms with Crippen LogP contribution in [-0.4, -0.2) is 196 Å². The molecule has 0 saturated carbocycles.